The van der Waals surface area contributed by atoms with Crippen LogP contribution in [0.1, 0.15) is 31.6 Å². The minimum Gasteiger partial charge on any atom is -0.366 e. The molecule has 0 N–H and O–H groups in total. The van der Waals surface area contributed by atoms with Crippen LogP contribution in [0.2, 0.25) is 0 Å². The molecule has 0 spiro atoms. The van der Waals surface area contributed by atoms with Crippen molar-refractivity contribution in [1.29, 1.82) is 0 Å². The second-order valence-corrected chi connectivity index (χ2v) is 8.72. The number of nitrogens with zero attached hydrogens (tertiary/aromatic N) is 5. The lowest BCUT2D eigenvalue weighted by molar-refractivity contribution is 0.190. The van der Waals surface area contributed by atoms with Crippen LogP contribution in [-0.4, -0.2) is 66.1 Å². The number of fused-ring (bicyclic) bond motifs is 1. The Hall–Kier alpha value is -1.92. The van der Waals surface area contributed by atoms with Crippen LogP contribution >= 0.6 is 11.3 Å². The Morgan fingerprint density at radius 1 is 1.07 bits per heavy atom. The Labute approximate surface area is 166 Å². The normalized spacial score (nSPS) is 31.0. The Balaban J connectivity index is 1.77. The van der Waals surface area contributed by atoms with Gasteiger partial charge in [-0.2, -0.15) is 5.10 Å². The van der Waals surface area contributed by atoms with E-state index in [1.165, 1.54) is 16.3 Å². The third-order valence-electron chi connectivity index (χ3n) is 5.39. The van der Waals surface area contributed by atoms with Gasteiger partial charge in [0, 0.05) is 38.8 Å². The van der Waals surface area contributed by atoms with Gasteiger partial charge in [0.2, 0.25) is 0 Å². The minimum absolute atomic E-state index is 0.242. The summed E-state index contributed by atoms with van der Waals surface area (Å²) in [7, 11) is 2.20. The fourth-order valence-electron chi connectivity index (χ4n) is 3.73. The van der Waals surface area contributed by atoms with Crippen molar-refractivity contribution >= 4 is 29.1 Å². The zero-order chi connectivity index (χ0) is 18.8. The Morgan fingerprint density at radius 2 is 1.89 bits per heavy atom. The molecule has 6 heteroatoms. The summed E-state index contributed by atoms with van der Waals surface area (Å²) in [5.41, 5.74) is 2.42. The molecule has 27 heavy (non-hydrogen) atoms. The van der Waals surface area contributed by atoms with Crippen LogP contribution in [-0.2, 0) is 0 Å². The molecule has 5 nitrogen and oxygen atoms in total. The molecule has 4 heterocycles. The third kappa shape index (κ3) is 4.01. The van der Waals surface area contributed by atoms with Crippen LogP contribution in [0.5, 0.6) is 0 Å². The summed E-state index contributed by atoms with van der Waals surface area (Å²) in [5.74, 6) is 1.47. The SMILES string of the molecule is CC1/C=C(/c2cccs2)N2N=CCC(C)N=C2/C(N2CCN(C)CC2)=C/C1. The van der Waals surface area contributed by atoms with Crippen molar-refractivity contribution in [2.45, 2.75) is 32.7 Å². The van der Waals surface area contributed by atoms with Gasteiger partial charge in [-0.25, -0.2) is 5.01 Å². The summed E-state index contributed by atoms with van der Waals surface area (Å²) < 4.78 is 0. The summed E-state index contributed by atoms with van der Waals surface area (Å²) in [6.45, 7) is 8.73. The maximum atomic E-state index is 5.12. The van der Waals surface area contributed by atoms with E-state index in [2.05, 4.69) is 65.4 Å². The number of allylic oxidation sites excluding steroid dienone is 2. The average molecular weight is 384 g/mol. The molecule has 0 aliphatic carbocycles. The van der Waals surface area contributed by atoms with Crippen molar-refractivity contribution < 1.29 is 0 Å². The van der Waals surface area contributed by atoms with Crippen LogP contribution in [0.3, 0.4) is 0 Å². The quantitative estimate of drug-likeness (QED) is 0.780. The van der Waals surface area contributed by atoms with Crippen molar-refractivity contribution in [1.82, 2.24) is 14.8 Å². The molecule has 4 rings (SSSR count). The summed E-state index contributed by atoms with van der Waals surface area (Å²) in [5, 5.41) is 9.10. The number of hydrogen-bond acceptors (Lipinski definition) is 6. The van der Waals surface area contributed by atoms with E-state index in [0.29, 0.717) is 5.92 Å². The number of rotatable bonds is 2. The second-order valence-electron chi connectivity index (χ2n) is 7.77. The van der Waals surface area contributed by atoms with E-state index in [1.54, 1.807) is 11.3 Å². The van der Waals surface area contributed by atoms with Crippen molar-refractivity contribution in [2.75, 3.05) is 33.2 Å². The van der Waals surface area contributed by atoms with Crippen LogP contribution in [0.15, 0.2) is 45.5 Å². The van der Waals surface area contributed by atoms with Gasteiger partial charge in [0.1, 0.15) is 0 Å². The number of likely N-dealkylation sites (N-methyl/N-ethyl adjacent to an activating group) is 1. The first-order chi connectivity index (χ1) is 13.1. The van der Waals surface area contributed by atoms with Gasteiger partial charge in [0.05, 0.1) is 22.3 Å². The molecule has 1 fully saturated rings. The Kier molecular flexibility index (Phi) is 5.45. The summed E-state index contributed by atoms with van der Waals surface area (Å²) in [4.78, 5) is 11.3. The van der Waals surface area contributed by atoms with E-state index in [4.69, 9.17) is 10.1 Å². The topological polar surface area (TPSA) is 34.4 Å². The number of hydrazone groups is 1. The highest BCUT2D eigenvalue weighted by Gasteiger charge is 2.29. The fourth-order valence-corrected chi connectivity index (χ4v) is 4.46. The maximum Gasteiger partial charge on any atom is 0.173 e. The number of thiophene rings is 1. The lowest BCUT2D eigenvalue weighted by Crippen LogP contribution is -2.47. The van der Waals surface area contributed by atoms with Gasteiger partial charge in [-0.1, -0.05) is 25.1 Å². The highest BCUT2D eigenvalue weighted by atomic mass is 32.1. The zero-order valence-corrected chi connectivity index (χ0v) is 17.3. The smallest absolute Gasteiger partial charge is 0.173 e. The highest BCUT2D eigenvalue weighted by Crippen LogP contribution is 2.32. The number of piperazine rings is 1. The maximum absolute atomic E-state index is 5.12. The van der Waals surface area contributed by atoms with E-state index < -0.39 is 0 Å². The predicted molar refractivity (Wildman–Crippen MR) is 115 cm³/mol. The molecule has 3 aliphatic heterocycles. The molecule has 2 unspecified atom stereocenters. The van der Waals surface area contributed by atoms with Crippen LogP contribution in [0.4, 0.5) is 0 Å². The van der Waals surface area contributed by atoms with Gasteiger partial charge in [-0.3, -0.25) is 4.99 Å². The minimum atomic E-state index is 0.242. The zero-order valence-electron chi connectivity index (χ0n) is 16.5. The molecular formula is C21H29N5S. The monoisotopic (exact) mass is 383 g/mol. The standard InChI is InChI=1S/C21H29N5S/c1-16-6-7-18(25-12-10-24(3)11-13-25)21-23-17(2)8-9-22-26(21)19(15-16)20-5-4-14-27-20/h4-5,7,9,14-17H,6,8,10-13H2,1-3H3/b18-7-,19-15-. The van der Waals surface area contributed by atoms with Crippen molar-refractivity contribution in [2.24, 2.45) is 16.0 Å². The van der Waals surface area contributed by atoms with Crippen LogP contribution < -0.4 is 0 Å². The fraction of sp³-hybridized carbons (Fsp3) is 0.524. The summed E-state index contributed by atoms with van der Waals surface area (Å²) in [6, 6.07) is 4.54. The van der Waals surface area contributed by atoms with Crippen molar-refractivity contribution in [3.63, 3.8) is 0 Å². The molecule has 3 aliphatic rings. The molecule has 1 saturated heterocycles. The number of hydrogen-bond donors (Lipinski definition) is 0. The Morgan fingerprint density at radius 3 is 2.63 bits per heavy atom. The van der Waals surface area contributed by atoms with Crippen molar-refractivity contribution in [3.8, 4) is 0 Å². The molecule has 1 aromatic rings. The van der Waals surface area contributed by atoms with E-state index >= 15 is 0 Å². The first-order valence-corrected chi connectivity index (χ1v) is 10.8. The summed E-state index contributed by atoms with van der Waals surface area (Å²) in [6.07, 6.45) is 8.67. The third-order valence-corrected chi connectivity index (χ3v) is 6.28. The van der Waals surface area contributed by atoms with E-state index in [0.717, 1.165) is 44.9 Å². The van der Waals surface area contributed by atoms with Crippen LogP contribution in [0.25, 0.3) is 5.70 Å². The summed E-state index contributed by atoms with van der Waals surface area (Å²) >= 11 is 1.77. The largest absolute Gasteiger partial charge is 0.366 e. The predicted octanol–water partition coefficient (Wildman–Crippen LogP) is 3.74. The van der Waals surface area contributed by atoms with Crippen molar-refractivity contribution in [3.05, 3.63) is 40.2 Å². The van der Waals surface area contributed by atoms with Gasteiger partial charge < -0.3 is 9.80 Å². The molecule has 144 valence electrons. The molecular weight excluding hydrogens is 354 g/mol. The van der Waals surface area contributed by atoms with E-state index in [1.807, 2.05) is 6.21 Å². The number of aliphatic imine (C=N–C) groups is 1. The molecule has 2 atom stereocenters. The average Bonchev–Trinajstić information content (AvgIpc) is 3.11. The molecule has 0 aromatic carbocycles. The first-order valence-electron chi connectivity index (χ1n) is 9.92. The van der Waals surface area contributed by atoms with Gasteiger partial charge in [-0.15, -0.1) is 11.3 Å². The lowest BCUT2D eigenvalue weighted by atomic mass is 10.0. The first kappa shape index (κ1) is 18.4. The van der Waals surface area contributed by atoms with Gasteiger partial charge in [-0.05, 0) is 37.8 Å². The molecule has 0 bridgehead atoms. The molecule has 0 amide bonds. The van der Waals surface area contributed by atoms with Gasteiger partial charge in [0.15, 0.2) is 5.84 Å². The van der Waals surface area contributed by atoms with Gasteiger partial charge in [0.25, 0.3) is 0 Å². The second kappa shape index (κ2) is 7.98. The van der Waals surface area contributed by atoms with Gasteiger partial charge >= 0.3 is 0 Å². The highest BCUT2D eigenvalue weighted by molar-refractivity contribution is 7.11. The molecule has 1 aromatic heterocycles. The van der Waals surface area contributed by atoms with E-state index in [9.17, 15) is 0 Å². The molecule has 0 saturated carbocycles. The van der Waals surface area contributed by atoms with Crippen LogP contribution in [0, 0.1) is 5.92 Å². The number of amidine groups is 1. The van der Waals surface area contributed by atoms with E-state index in [-0.39, 0.29) is 6.04 Å². The Bertz CT molecular complexity index is 769. The lowest BCUT2D eigenvalue weighted by Gasteiger charge is -2.38. The molecule has 0 radical (unpaired) electrons.